The number of phenols is 1. The van der Waals surface area contributed by atoms with E-state index in [4.69, 9.17) is 19.3 Å². The Kier molecular flexibility index (Phi) is 5.25. The molecule has 0 saturated carbocycles. The van der Waals surface area contributed by atoms with Crippen LogP contribution in [0.15, 0.2) is 42.5 Å². The van der Waals surface area contributed by atoms with E-state index in [1.807, 2.05) is 0 Å². The van der Waals surface area contributed by atoms with Crippen LogP contribution in [0.25, 0.3) is 0 Å². The molecule has 25 heavy (non-hydrogen) atoms. The minimum Gasteiger partial charge on any atom is -0.508 e. The summed E-state index contributed by atoms with van der Waals surface area (Å²) in [7, 11) is 0. The lowest BCUT2D eigenvalue weighted by molar-refractivity contribution is 0.0995. The summed E-state index contributed by atoms with van der Waals surface area (Å²) >= 11 is 0. The molecule has 0 unspecified atom stereocenters. The van der Waals surface area contributed by atoms with E-state index in [2.05, 4.69) is 5.32 Å². The van der Waals surface area contributed by atoms with Crippen molar-refractivity contribution in [1.29, 1.82) is 0 Å². The van der Waals surface area contributed by atoms with E-state index in [1.54, 1.807) is 30.3 Å². The molecule has 7 nitrogen and oxygen atoms in total. The lowest BCUT2D eigenvalue weighted by Gasteiger charge is -2.18. The molecule has 2 aromatic carbocycles. The van der Waals surface area contributed by atoms with E-state index in [1.165, 1.54) is 12.1 Å². The van der Waals surface area contributed by atoms with Gasteiger partial charge in [0.15, 0.2) is 11.5 Å². The van der Waals surface area contributed by atoms with Crippen molar-refractivity contribution in [3.63, 3.8) is 0 Å². The van der Waals surface area contributed by atoms with Gasteiger partial charge in [0.2, 0.25) is 6.79 Å². The number of aliphatic hydroxyl groups excluding tert-OH is 1. The van der Waals surface area contributed by atoms with Crippen LogP contribution in [0.4, 0.5) is 10.5 Å². The van der Waals surface area contributed by atoms with Gasteiger partial charge in [0.25, 0.3) is 0 Å². The number of amides is 1. The van der Waals surface area contributed by atoms with Gasteiger partial charge in [0.05, 0.1) is 0 Å². The third-order valence-electron chi connectivity index (χ3n) is 3.76. The van der Waals surface area contributed by atoms with Gasteiger partial charge in [-0.1, -0.05) is 12.1 Å². The summed E-state index contributed by atoms with van der Waals surface area (Å²) in [5, 5.41) is 21.1. The monoisotopic (exact) mass is 345 g/mol. The SMILES string of the molecule is O=C(Nc1ccc2c(c1)OCO2)O[C@H](CCCO)c1ccc(O)cc1. The van der Waals surface area contributed by atoms with Crippen molar-refractivity contribution in [3.05, 3.63) is 48.0 Å². The molecule has 0 aromatic heterocycles. The Morgan fingerprint density at radius 1 is 1.16 bits per heavy atom. The number of carbonyl (C=O) groups excluding carboxylic acids is 1. The Balaban J connectivity index is 1.66. The van der Waals surface area contributed by atoms with Crippen molar-refractivity contribution < 1.29 is 29.2 Å². The first-order chi connectivity index (χ1) is 12.2. The number of hydrogen-bond acceptors (Lipinski definition) is 6. The number of phenolic OH excluding ortho intramolecular Hbond substituents is 1. The zero-order chi connectivity index (χ0) is 17.6. The maximum atomic E-state index is 12.2. The molecule has 0 spiro atoms. The second-order valence-electron chi connectivity index (χ2n) is 5.54. The molecule has 3 rings (SSSR count). The maximum Gasteiger partial charge on any atom is 0.412 e. The van der Waals surface area contributed by atoms with Gasteiger partial charge < -0.3 is 24.4 Å². The lowest BCUT2D eigenvalue weighted by Crippen LogP contribution is -2.18. The summed E-state index contributed by atoms with van der Waals surface area (Å²) < 4.78 is 16.0. The van der Waals surface area contributed by atoms with Crippen LogP contribution < -0.4 is 14.8 Å². The normalized spacial score (nSPS) is 13.3. The zero-order valence-electron chi connectivity index (χ0n) is 13.5. The van der Waals surface area contributed by atoms with Gasteiger partial charge in [0.1, 0.15) is 11.9 Å². The van der Waals surface area contributed by atoms with Crippen LogP contribution in [-0.4, -0.2) is 29.7 Å². The Hall–Kier alpha value is -2.93. The minimum atomic E-state index is -0.616. The molecule has 1 aliphatic heterocycles. The van der Waals surface area contributed by atoms with Crippen molar-refractivity contribution >= 4 is 11.8 Å². The van der Waals surface area contributed by atoms with E-state index in [0.717, 1.165) is 5.56 Å². The van der Waals surface area contributed by atoms with E-state index >= 15 is 0 Å². The quantitative estimate of drug-likeness (QED) is 0.744. The smallest absolute Gasteiger partial charge is 0.412 e. The molecule has 132 valence electrons. The fourth-order valence-electron chi connectivity index (χ4n) is 2.51. The summed E-state index contributed by atoms with van der Waals surface area (Å²) in [6.45, 7) is 0.162. The summed E-state index contributed by atoms with van der Waals surface area (Å²) in [5.74, 6) is 1.33. The van der Waals surface area contributed by atoms with Crippen molar-refractivity contribution in [3.8, 4) is 17.2 Å². The lowest BCUT2D eigenvalue weighted by atomic mass is 10.0. The molecule has 1 amide bonds. The average molecular weight is 345 g/mol. The van der Waals surface area contributed by atoms with Gasteiger partial charge in [0, 0.05) is 18.4 Å². The molecule has 0 saturated heterocycles. The molecule has 0 bridgehead atoms. The van der Waals surface area contributed by atoms with Crippen LogP contribution in [0.1, 0.15) is 24.5 Å². The molecule has 0 radical (unpaired) electrons. The number of hydrogen-bond donors (Lipinski definition) is 3. The maximum absolute atomic E-state index is 12.2. The first-order valence-electron chi connectivity index (χ1n) is 7.93. The third kappa shape index (κ3) is 4.33. The third-order valence-corrected chi connectivity index (χ3v) is 3.76. The van der Waals surface area contributed by atoms with Crippen LogP contribution in [0.2, 0.25) is 0 Å². The zero-order valence-corrected chi connectivity index (χ0v) is 13.5. The predicted molar refractivity (Wildman–Crippen MR) is 89.8 cm³/mol. The van der Waals surface area contributed by atoms with Gasteiger partial charge >= 0.3 is 6.09 Å². The molecule has 7 heteroatoms. The molecular formula is C18H19NO6. The number of carbonyl (C=O) groups is 1. The molecular weight excluding hydrogens is 326 g/mol. The number of ether oxygens (including phenoxy) is 3. The van der Waals surface area contributed by atoms with Crippen LogP contribution in [0.3, 0.4) is 0 Å². The Morgan fingerprint density at radius 3 is 2.68 bits per heavy atom. The molecule has 2 aromatic rings. The summed E-state index contributed by atoms with van der Waals surface area (Å²) in [6, 6.07) is 11.5. The Morgan fingerprint density at radius 2 is 1.92 bits per heavy atom. The highest BCUT2D eigenvalue weighted by Crippen LogP contribution is 2.34. The van der Waals surface area contributed by atoms with Crippen molar-refractivity contribution in [1.82, 2.24) is 0 Å². The van der Waals surface area contributed by atoms with E-state index in [0.29, 0.717) is 30.0 Å². The van der Waals surface area contributed by atoms with Crippen LogP contribution in [0, 0.1) is 0 Å². The van der Waals surface area contributed by atoms with Crippen LogP contribution in [-0.2, 0) is 4.74 Å². The highest BCUT2D eigenvalue weighted by atomic mass is 16.7. The minimum absolute atomic E-state index is 0.00171. The number of fused-ring (bicyclic) bond motifs is 1. The molecule has 0 fully saturated rings. The summed E-state index contributed by atoms with van der Waals surface area (Å²) in [6.07, 6.45) is -0.185. The highest BCUT2D eigenvalue weighted by Gasteiger charge is 2.18. The topological polar surface area (TPSA) is 97.3 Å². The van der Waals surface area contributed by atoms with Gasteiger partial charge in [-0.05, 0) is 42.7 Å². The van der Waals surface area contributed by atoms with Gasteiger partial charge in [-0.15, -0.1) is 0 Å². The Bertz CT molecular complexity index is 731. The van der Waals surface area contributed by atoms with E-state index in [9.17, 15) is 9.90 Å². The molecule has 3 N–H and O–H groups in total. The van der Waals surface area contributed by atoms with Gasteiger partial charge in [-0.3, -0.25) is 5.32 Å². The number of rotatable bonds is 6. The van der Waals surface area contributed by atoms with Crippen molar-refractivity contribution in [2.45, 2.75) is 18.9 Å². The van der Waals surface area contributed by atoms with E-state index < -0.39 is 12.2 Å². The fourth-order valence-corrected chi connectivity index (χ4v) is 2.51. The second-order valence-corrected chi connectivity index (χ2v) is 5.54. The molecule has 1 heterocycles. The number of anilines is 1. The number of benzene rings is 2. The van der Waals surface area contributed by atoms with Gasteiger partial charge in [-0.25, -0.2) is 4.79 Å². The van der Waals surface area contributed by atoms with Crippen LogP contribution >= 0.6 is 0 Å². The molecule has 1 aliphatic rings. The first-order valence-corrected chi connectivity index (χ1v) is 7.93. The van der Waals surface area contributed by atoms with Crippen molar-refractivity contribution in [2.24, 2.45) is 0 Å². The highest BCUT2D eigenvalue weighted by molar-refractivity contribution is 5.85. The molecule has 0 aliphatic carbocycles. The average Bonchev–Trinajstić information content (AvgIpc) is 3.07. The summed E-state index contributed by atoms with van der Waals surface area (Å²) in [5.41, 5.74) is 1.27. The number of nitrogens with one attached hydrogen (secondary N) is 1. The van der Waals surface area contributed by atoms with Gasteiger partial charge in [-0.2, -0.15) is 0 Å². The van der Waals surface area contributed by atoms with Crippen molar-refractivity contribution in [2.75, 3.05) is 18.7 Å². The number of aliphatic hydroxyl groups is 1. The number of aromatic hydroxyl groups is 1. The largest absolute Gasteiger partial charge is 0.508 e. The standard InChI is InChI=1S/C18H19NO6/c20-9-1-2-15(12-3-6-14(21)7-4-12)25-18(22)19-13-5-8-16-17(10-13)24-11-23-16/h3-8,10,15,20-21H,1-2,9,11H2,(H,19,22)/t15-/m1/s1. The summed E-state index contributed by atoms with van der Waals surface area (Å²) in [4.78, 5) is 12.2. The first kappa shape index (κ1) is 16.9. The van der Waals surface area contributed by atoms with E-state index in [-0.39, 0.29) is 19.1 Å². The van der Waals surface area contributed by atoms with Crippen LogP contribution in [0.5, 0.6) is 17.2 Å². The Labute approximate surface area is 144 Å². The fraction of sp³-hybridized carbons (Fsp3) is 0.278. The predicted octanol–water partition coefficient (Wildman–Crippen LogP) is 3.18. The molecule has 1 atom stereocenters. The second kappa shape index (κ2) is 7.76.